The summed E-state index contributed by atoms with van der Waals surface area (Å²) in [7, 11) is 0. The normalized spacial score (nSPS) is 16.8. The van der Waals surface area contributed by atoms with Gasteiger partial charge in [-0.15, -0.1) is 0 Å². The smallest absolute Gasteiger partial charge is 0.223 e. The van der Waals surface area contributed by atoms with Crippen molar-refractivity contribution in [2.24, 2.45) is 0 Å². The fourth-order valence-electron chi connectivity index (χ4n) is 1.53. The molecule has 0 radical (unpaired) electrons. The second-order valence-corrected chi connectivity index (χ2v) is 3.75. The highest BCUT2D eigenvalue weighted by molar-refractivity contribution is 5.29. The molecular formula is C10H15N3. The molecule has 0 unspecified atom stereocenters. The van der Waals surface area contributed by atoms with E-state index < -0.39 is 0 Å². The number of hydrogen-bond acceptors (Lipinski definition) is 3. The highest BCUT2D eigenvalue weighted by Crippen LogP contribution is 2.21. The molecule has 0 amide bonds. The van der Waals surface area contributed by atoms with E-state index in [1.807, 2.05) is 19.9 Å². The van der Waals surface area contributed by atoms with Gasteiger partial charge in [-0.3, -0.25) is 0 Å². The van der Waals surface area contributed by atoms with E-state index in [1.54, 1.807) is 0 Å². The van der Waals surface area contributed by atoms with Gasteiger partial charge in [0.1, 0.15) is 0 Å². The van der Waals surface area contributed by atoms with Crippen LogP contribution in [-0.4, -0.2) is 16.0 Å². The first-order valence-corrected chi connectivity index (χ1v) is 4.83. The zero-order valence-electron chi connectivity index (χ0n) is 8.17. The summed E-state index contributed by atoms with van der Waals surface area (Å²) >= 11 is 0. The summed E-state index contributed by atoms with van der Waals surface area (Å²) < 4.78 is 0. The van der Waals surface area contributed by atoms with Crippen molar-refractivity contribution in [3.8, 4) is 0 Å². The van der Waals surface area contributed by atoms with E-state index in [0.29, 0.717) is 6.04 Å². The first-order valence-electron chi connectivity index (χ1n) is 4.83. The van der Waals surface area contributed by atoms with E-state index in [2.05, 4.69) is 15.3 Å². The van der Waals surface area contributed by atoms with Crippen molar-refractivity contribution >= 4 is 5.95 Å². The quantitative estimate of drug-likeness (QED) is 0.751. The average Bonchev–Trinajstić information content (AvgIpc) is 1.95. The third-order valence-electron chi connectivity index (χ3n) is 2.42. The maximum atomic E-state index is 4.33. The van der Waals surface area contributed by atoms with Crippen LogP contribution in [0.1, 0.15) is 30.7 Å². The van der Waals surface area contributed by atoms with Crippen LogP contribution < -0.4 is 5.32 Å². The van der Waals surface area contributed by atoms with Crippen LogP contribution in [0, 0.1) is 13.8 Å². The van der Waals surface area contributed by atoms with E-state index in [1.165, 1.54) is 19.3 Å². The average molecular weight is 177 g/mol. The zero-order chi connectivity index (χ0) is 9.26. The van der Waals surface area contributed by atoms with Gasteiger partial charge in [0.15, 0.2) is 0 Å². The van der Waals surface area contributed by atoms with E-state index >= 15 is 0 Å². The lowest BCUT2D eigenvalue weighted by Crippen LogP contribution is -2.28. The topological polar surface area (TPSA) is 37.8 Å². The summed E-state index contributed by atoms with van der Waals surface area (Å²) in [5, 5.41) is 3.34. The van der Waals surface area contributed by atoms with Crippen LogP contribution in [0.25, 0.3) is 0 Å². The maximum absolute atomic E-state index is 4.33. The molecule has 3 nitrogen and oxygen atoms in total. The number of anilines is 1. The Morgan fingerprint density at radius 3 is 2.31 bits per heavy atom. The molecule has 1 N–H and O–H groups in total. The van der Waals surface area contributed by atoms with Gasteiger partial charge in [-0.25, -0.2) is 9.97 Å². The van der Waals surface area contributed by atoms with Gasteiger partial charge < -0.3 is 5.32 Å². The van der Waals surface area contributed by atoms with Crippen molar-refractivity contribution in [1.82, 2.24) is 9.97 Å². The number of nitrogens with one attached hydrogen (secondary N) is 1. The summed E-state index contributed by atoms with van der Waals surface area (Å²) in [6.45, 7) is 4.00. The second kappa shape index (κ2) is 3.32. The third-order valence-corrected chi connectivity index (χ3v) is 2.42. The summed E-state index contributed by atoms with van der Waals surface area (Å²) in [6, 6.07) is 2.60. The lowest BCUT2D eigenvalue weighted by molar-refractivity contribution is 0.443. The van der Waals surface area contributed by atoms with E-state index in [0.717, 1.165) is 17.3 Å². The van der Waals surface area contributed by atoms with Crippen LogP contribution in [0.3, 0.4) is 0 Å². The first-order chi connectivity index (χ1) is 6.24. The van der Waals surface area contributed by atoms with E-state index in [-0.39, 0.29) is 0 Å². The van der Waals surface area contributed by atoms with E-state index in [4.69, 9.17) is 0 Å². The summed E-state index contributed by atoms with van der Waals surface area (Å²) in [4.78, 5) is 8.67. The molecule has 1 aliphatic rings. The summed E-state index contributed by atoms with van der Waals surface area (Å²) in [5.74, 6) is 0.794. The van der Waals surface area contributed by atoms with Crippen LogP contribution in [0.2, 0.25) is 0 Å². The van der Waals surface area contributed by atoms with Crippen LogP contribution >= 0.6 is 0 Å². The van der Waals surface area contributed by atoms with Gasteiger partial charge in [0, 0.05) is 17.4 Å². The molecular weight excluding hydrogens is 162 g/mol. The molecule has 0 aromatic carbocycles. The van der Waals surface area contributed by atoms with Crippen LogP contribution in [0.5, 0.6) is 0 Å². The Hall–Kier alpha value is -1.12. The predicted molar refractivity (Wildman–Crippen MR) is 52.8 cm³/mol. The molecule has 1 aromatic heterocycles. The molecule has 0 atom stereocenters. The lowest BCUT2D eigenvalue weighted by atomic mass is 9.93. The largest absolute Gasteiger partial charge is 0.351 e. The number of rotatable bonds is 2. The third kappa shape index (κ3) is 1.97. The molecule has 0 aliphatic heterocycles. The Morgan fingerprint density at radius 1 is 1.23 bits per heavy atom. The minimum absolute atomic E-state index is 0.612. The summed E-state index contributed by atoms with van der Waals surface area (Å²) in [6.07, 6.45) is 3.86. The molecule has 2 rings (SSSR count). The fraction of sp³-hybridized carbons (Fsp3) is 0.600. The van der Waals surface area contributed by atoms with Crippen molar-refractivity contribution in [3.63, 3.8) is 0 Å². The predicted octanol–water partition coefficient (Wildman–Crippen LogP) is 2.06. The Kier molecular flexibility index (Phi) is 2.17. The van der Waals surface area contributed by atoms with Gasteiger partial charge in [0.25, 0.3) is 0 Å². The Bertz CT molecular complexity index is 285. The molecule has 0 spiro atoms. The maximum Gasteiger partial charge on any atom is 0.223 e. The molecule has 1 aromatic rings. The Morgan fingerprint density at radius 2 is 1.85 bits per heavy atom. The van der Waals surface area contributed by atoms with Crippen molar-refractivity contribution in [1.29, 1.82) is 0 Å². The van der Waals surface area contributed by atoms with Gasteiger partial charge in [0.2, 0.25) is 5.95 Å². The molecule has 1 saturated carbocycles. The SMILES string of the molecule is Cc1cc(C)nc(NC2CCC2)n1. The molecule has 13 heavy (non-hydrogen) atoms. The fourth-order valence-corrected chi connectivity index (χ4v) is 1.53. The van der Waals surface area contributed by atoms with Crippen molar-refractivity contribution in [2.75, 3.05) is 5.32 Å². The van der Waals surface area contributed by atoms with Crippen LogP contribution in [0.15, 0.2) is 6.07 Å². The molecule has 1 fully saturated rings. The number of aryl methyl sites for hydroxylation is 2. The second-order valence-electron chi connectivity index (χ2n) is 3.75. The highest BCUT2D eigenvalue weighted by Gasteiger charge is 2.17. The van der Waals surface area contributed by atoms with Crippen molar-refractivity contribution in [3.05, 3.63) is 17.5 Å². The van der Waals surface area contributed by atoms with Gasteiger partial charge in [-0.2, -0.15) is 0 Å². The van der Waals surface area contributed by atoms with E-state index in [9.17, 15) is 0 Å². The highest BCUT2D eigenvalue weighted by atomic mass is 15.1. The van der Waals surface area contributed by atoms with Crippen LogP contribution in [0.4, 0.5) is 5.95 Å². The standard InChI is InChI=1S/C10H15N3/c1-7-6-8(2)12-10(11-7)13-9-4-3-5-9/h6,9H,3-5H2,1-2H3,(H,11,12,13). The lowest BCUT2D eigenvalue weighted by Gasteiger charge is -2.26. The zero-order valence-corrected chi connectivity index (χ0v) is 8.17. The molecule has 0 saturated heterocycles. The molecule has 1 heterocycles. The molecule has 3 heteroatoms. The van der Waals surface area contributed by atoms with Gasteiger partial charge in [-0.1, -0.05) is 0 Å². The Balaban J connectivity index is 2.10. The summed E-state index contributed by atoms with van der Waals surface area (Å²) in [5.41, 5.74) is 2.07. The van der Waals surface area contributed by atoms with Crippen molar-refractivity contribution in [2.45, 2.75) is 39.2 Å². The number of nitrogens with zero attached hydrogens (tertiary/aromatic N) is 2. The van der Waals surface area contributed by atoms with Gasteiger partial charge >= 0.3 is 0 Å². The molecule has 0 bridgehead atoms. The first kappa shape index (κ1) is 8.48. The minimum atomic E-state index is 0.612. The van der Waals surface area contributed by atoms with Crippen molar-refractivity contribution < 1.29 is 0 Å². The molecule has 70 valence electrons. The monoisotopic (exact) mass is 177 g/mol. The Labute approximate surface area is 78.6 Å². The van der Waals surface area contributed by atoms with Gasteiger partial charge in [-0.05, 0) is 39.2 Å². The number of hydrogen-bond donors (Lipinski definition) is 1. The van der Waals surface area contributed by atoms with Gasteiger partial charge in [0.05, 0.1) is 0 Å². The van der Waals surface area contributed by atoms with Crippen LogP contribution in [-0.2, 0) is 0 Å². The molecule has 1 aliphatic carbocycles. The number of aromatic nitrogens is 2. The minimum Gasteiger partial charge on any atom is -0.351 e.